The summed E-state index contributed by atoms with van der Waals surface area (Å²) in [7, 11) is 0. The maximum atomic E-state index is 13.5. The van der Waals surface area contributed by atoms with Crippen LogP contribution in [0.1, 0.15) is 75.8 Å². The van der Waals surface area contributed by atoms with Gasteiger partial charge in [-0.2, -0.15) is 0 Å². The maximum absolute atomic E-state index is 13.5. The molecule has 0 heterocycles. The van der Waals surface area contributed by atoms with Crippen LogP contribution < -0.4 is 5.32 Å². The van der Waals surface area contributed by atoms with Crippen LogP contribution in [0.2, 0.25) is 0 Å². The normalized spacial score (nSPS) is 18.4. The summed E-state index contributed by atoms with van der Waals surface area (Å²) in [6.45, 7) is 0.428. The zero-order chi connectivity index (χ0) is 21.3. The molecule has 0 radical (unpaired) electrons. The molecular weight excluding hydrogens is 403 g/mol. The highest BCUT2D eigenvalue weighted by Crippen LogP contribution is 2.27. The van der Waals surface area contributed by atoms with Gasteiger partial charge in [0.2, 0.25) is 11.8 Å². The number of carbonyl (C=O) groups excluding carboxylic acids is 2. The second-order valence-corrected chi connectivity index (χ2v) is 8.64. The molecule has 164 valence electrons. The molecule has 2 aliphatic rings. The monoisotopic (exact) mass is 434 g/mol. The van der Waals surface area contributed by atoms with Gasteiger partial charge in [-0.3, -0.25) is 9.59 Å². The first-order valence-electron chi connectivity index (χ1n) is 11.2. The Bertz CT molecular complexity index is 744. The Hall–Kier alpha value is -1.88. The van der Waals surface area contributed by atoms with E-state index in [0.717, 1.165) is 44.9 Å². The smallest absolute Gasteiger partial charge is 0.247 e. The Labute approximate surface area is 183 Å². The molecule has 3 rings (SSSR count). The molecule has 1 aromatic carbocycles. The second-order valence-electron chi connectivity index (χ2n) is 8.38. The molecule has 0 aromatic heterocycles. The van der Waals surface area contributed by atoms with E-state index in [4.69, 9.17) is 11.6 Å². The number of benzene rings is 1. The zero-order valence-electron chi connectivity index (χ0n) is 17.5. The molecule has 0 spiro atoms. The Morgan fingerprint density at radius 1 is 1.10 bits per heavy atom. The molecule has 0 unspecified atom stereocenters. The summed E-state index contributed by atoms with van der Waals surface area (Å²) in [5.41, 5.74) is 1.94. The summed E-state index contributed by atoms with van der Waals surface area (Å²) in [6, 6.07) is 5.18. The summed E-state index contributed by atoms with van der Waals surface area (Å²) >= 11 is 5.92. The standard InChI is InChI=1S/C24H32ClFN2O2/c25-17-22(29)28(16-15-18-7-3-1-4-8-18)23(19-11-13-20(26)14-12-19)24(30)27-21-9-5-2-6-10-21/h7,11-14,21,23H,1-6,8-10,15-17H2,(H,27,30)/t23-/m1/s1. The van der Waals surface area contributed by atoms with Gasteiger partial charge in [-0.1, -0.05) is 43.0 Å². The van der Waals surface area contributed by atoms with E-state index in [1.165, 1.54) is 37.0 Å². The summed E-state index contributed by atoms with van der Waals surface area (Å²) < 4.78 is 13.5. The topological polar surface area (TPSA) is 49.4 Å². The average molecular weight is 435 g/mol. The van der Waals surface area contributed by atoms with Crippen molar-refractivity contribution in [1.82, 2.24) is 10.2 Å². The number of allylic oxidation sites excluding steroid dienone is 1. The van der Waals surface area contributed by atoms with Gasteiger partial charge in [0.25, 0.3) is 0 Å². The van der Waals surface area contributed by atoms with Crippen molar-refractivity contribution < 1.29 is 14.0 Å². The molecule has 2 aliphatic carbocycles. The van der Waals surface area contributed by atoms with Crippen molar-refractivity contribution in [3.8, 4) is 0 Å². The van der Waals surface area contributed by atoms with Gasteiger partial charge in [0.15, 0.2) is 0 Å². The lowest BCUT2D eigenvalue weighted by molar-refractivity contribution is -0.139. The van der Waals surface area contributed by atoms with Crippen molar-refractivity contribution in [2.75, 3.05) is 12.4 Å². The number of rotatable bonds is 8. The predicted octanol–water partition coefficient (Wildman–Crippen LogP) is 5.27. The van der Waals surface area contributed by atoms with Gasteiger partial charge >= 0.3 is 0 Å². The van der Waals surface area contributed by atoms with Crippen molar-refractivity contribution in [2.45, 2.75) is 76.3 Å². The highest BCUT2D eigenvalue weighted by atomic mass is 35.5. The fourth-order valence-electron chi connectivity index (χ4n) is 4.52. The van der Waals surface area contributed by atoms with Gasteiger partial charge in [-0.05, 0) is 62.6 Å². The van der Waals surface area contributed by atoms with Crippen LogP contribution >= 0.6 is 11.6 Å². The lowest BCUT2D eigenvalue weighted by atomic mass is 9.94. The first-order chi connectivity index (χ1) is 14.6. The number of halogens is 2. The molecule has 1 atom stereocenters. The van der Waals surface area contributed by atoms with Crippen LogP contribution in [0.3, 0.4) is 0 Å². The van der Waals surface area contributed by atoms with E-state index < -0.39 is 6.04 Å². The fourth-order valence-corrected chi connectivity index (χ4v) is 4.67. The number of alkyl halides is 1. The molecule has 1 fully saturated rings. The number of carbonyl (C=O) groups is 2. The highest BCUT2D eigenvalue weighted by Gasteiger charge is 2.32. The largest absolute Gasteiger partial charge is 0.351 e. The van der Waals surface area contributed by atoms with Crippen LogP contribution in [0, 0.1) is 5.82 Å². The third kappa shape index (κ3) is 6.31. The number of amides is 2. The van der Waals surface area contributed by atoms with Crippen molar-refractivity contribution >= 4 is 23.4 Å². The molecule has 30 heavy (non-hydrogen) atoms. The van der Waals surface area contributed by atoms with Crippen LogP contribution in [-0.4, -0.2) is 35.2 Å². The number of hydrogen-bond donors (Lipinski definition) is 1. The number of nitrogens with zero attached hydrogens (tertiary/aromatic N) is 1. The van der Waals surface area contributed by atoms with Gasteiger partial charge in [0.1, 0.15) is 17.7 Å². The van der Waals surface area contributed by atoms with Gasteiger partial charge < -0.3 is 10.2 Å². The SMILES string of the molecule is O=C(NC1CCCCC1)[C@@H](c1ccc(F)cc1)N(CCC1=CCCCC1)C(=O)CCl. The van der Waals surface area contributed by atoms with Crippen LogP contribution in [0.5, 0.6) is 0 Å². The molecule has 1 aromatic rings. The minimum atomic E-state index is -0.803. The lowest BCUT2D eigenvalue weighted by Gasteiger charge is -2.33. The first kappa shape index (κ1) is 22.8. The zero-order valence-corrected chi connectivity index (χ0v) is 18.3. The van der Waals surface area contributed by atoms with Crippen LogP contribution in [0.4, 0.5) is 4.39 Å². The first-order valence-corrected chi connectivity index (χ1v) is 11.7. The molecular formula is C24H32ClFN2O2. The van der Waals surface area contributed by atoms with E-state index in [0.29, 0.717) is 12.1 Å². The highest BCUT2D eigenvalue weighted by molar-refractivity contribution is 6.27. The Balaban J connectivity index is 1.83. The summed E-state index contributed by atoms with van der Waals surface area (Å²) in [6.07, 6.45) is 12.8. The van der Waals surface area contributed by atoms with Gasteiger partial charge in [-0.25, -0.2) is 4.39 Å². The predicted molar refractivity (Wildman–Crippen MR) is 118 cm³/mol. The Kier molecular flexibility index (Phi) is 8.74. The van der Waals surface area contributed by atoms with Gasteiger partial charge in [0.05, 0.1) is 0 Å². The molecule has 0 saturated heterocycles. The van der Waals surface area contributed by atoms with Crippen molar-refractivity contribution in [2.24, 2.45) is 0 Å². The van der Waals surface area contributed by atoms with E-state index in [1.807, 2.05) is 0 Å². The minimum absolute atomic E-state index is 0.128. The van der Waals surface area contributed by atoms with Crippen LogP contribution in [-0.2, 0) is 9.59 Å². The molecule has 1 N–H and O–H groups in total. The summed E-state index contributed by atoms with van der Waals surface area (Å²) in [5.74, 6) is -1.04. The molecule has 6 heteroatoms. The lowest BCUT2D eigenvalue weighted by Crippen LogP contribution is -2.47. The maximum Gasteiger partial charge on any atom is 0.247 e. The third-order valence-electron chi connectivity index (χ3n) is 6.19. The van der Waals surface area contributed by atoms with Crippen molar-refractivity contribution in [3.05, 3.63) is 47.3 Å². The van der Waals surface area contributed by atoms with Gasteiger partial charge in [0, 0.05) is 12.6 Å². The Morgan fingerprint density at radius 2 is 1.83 bits per heavy atom. The minimum Gasteiger partial charge on any atom is -0.351 e. The van der Waals surface area contributed by atoms with E-state index in [9.17, 15) is 14.0 Å². The molecule has 2 amide bonds. The van der Waals surface area contributed by atoms with E-state index in [-0.39, 0.29) is 29.6 Å². The average Bonchev–Trinajstić information content (AvgIpc) is 2.78. The number of hydrogen-bond acceptors (Lipinski definition) is 2. The molecule has 4 nitrogen and oxygen atoms in total. The van der Waals surface area contributed by atoms with Gasteiger partial charge in [-0.15, -0.1) is 11.6 Å². The Morgan fingerprint density at radius 3 is 2.47 bits per heavy atom. The van der Waals surface area contributed by atoms with Crippen molar-refractivity contribution in [1.29, 1.82) is 0 Å². The third-order valence-corrected chi connectivity index (χ3v) is 6.42. The molecule has 0 aliphatic heterocycles. The molecule has 0 bridgehead atoms. The fraction of sp³-hybridized carbons (Fsp3) is 0.583. The van der Waals surface area contributed by atoms with E-state index >= 15 is 0 Å². The second kappa shape index (κ2) is 11.5. The van der Waals surface area contributed by atoms with Crippen molar-refractivity contribution in [3.63, 3.8) is 0 Å². The summed E-state index contributed by atoms with van der Waals surface area (Å²) in [5, 5.41) is 3.15. The quantitative estimate of drug-likeness (QED) is 0.447. The van der Waals surface area contributed by atoms with E-state index in [1.54, 1.807) is 17.0 Å². The van der Waals surface area contributed by atoms with Crippen LogP contribution in [0.25, 0.3) is 0 Å². The summed E-state index contributed by atoms with van der Waals surface area (Å²) in [4.78, 5) is 27.7. The molecule has 1 saturated carbocycles. The van der Waals surface area contributed by atoms with Crippen LogP contribution in [0.15, 0.2) is 35.9 Å². The van der Waals surface area contributed by atoms with E-state index in [2.05, 4.69) is 11.4 Å². The number of nitrogens with one attached hydrogen (secondary N) is 1.